The smallest absolute Gasteiger partial charge is 0.263 e. The Balaban J connectivity index is 1.91. The summed E-state index contributed by atoms with van der Waals surface area (Å²) in [5, 5.41) is 0. The summed E-state index contributed by atoms with van der Waals surface area (Å²) in [6, 6.07) is 0.108. The van der Waals surface area contributed by atoms with Crippen LogP contribution in [0.2, 0.25) is 0 Å². The number of aliphatic imine (C=N–C) groups is 1. The fourth-order valence-corrected chi connectivity index (χ4v) is 4.89. The van der Waals surface area contributed by atoms with Crippen molar-refractivity contribution in [1.29, 1.82) is 0 Å². The second-order valence-electron chi connectivity index (χ2n) is 8.69. The van der Waals surface area contributed by atoms with Crippen LogP contribution in [-0.2, 0) is 4.79 Å². The van der Waals surface area contributed by atoms with E-state index >= 15 is 0 Å². The Hall–Kier alpha value is -3.16. The second-order valence-corrected chi connectivity index (χ2v) is 8.69. The summed E-state index contributed by atoms with van der Waals surface area (Å²) in [5.41, 5.74) is 1.96. The van der Waals surface area contributed by atoms with Gasteiger partial charge in [-0.15, -0.1) is 0 Å². The minimum Gasteiger partial charge on any atom is -0.442 e. The maximum absolute atomic E-state index is 13.3. The van der Waals surface area contributed by atoms with Crippen molar-refractivity contribution >= 4 is 17.6 Å². The normalized spacial score (nSPS) is 23.2. The minimum absolute atomic E-state index is 0.136. The lowest BCUT2D eigenvalue weighted by atomic mass is 10.0. The van der Waals surface area contributed by atoms with Crippen LogP contribution >= 0.6 is 0 Å². The predicted molar refractivity (Wildman–Crippen MR) is 129 cm³/mol. The Morgan fingerprint density at radius 3 is 2.61 bits per heavy atom. The van der Waals surface area contributed by atoms with Crippen molar-refractivity contribution in [3.8, 4) is 11.7 Å². The topological polar surface area (TPSA) is 79.8 Å². The van der Waals surface area contributed by atoms with Gasteiger partial charge < -0.3 is 14.2 Å². The number of nitrogens with zero attached hydrogens (tertiary/aromatic N) is 6. The molecule has 2 aromatic heterocycles. The van der Waals surface area contributed by atoms with E-state index in [9.17, 15) is 4.79 Å². The molecule has 0 radical (unpaired) electrons. The molecule has 1 amide bonds. The maximum atomic E-state index is 13.3. The highest BCUT2D eigenvalue weighted by molar-refractivity contribution is 6.08. The molecular weight excluding hydrogens is 416 g/mol. The molecule has 0 bridgehead atoms. The first kappa shape index (κ1) is 23.0. The number of likely N-dealkylation sites (N-methyl/N-ethyl adjacent to an activating group) is 1. The predicted octanol–water partition coefficient (Wildman–Crippen LogP) is 4.93. The van der Waals surface area contributed by atoms with Crippen molar-refractivity contribution in [3.63, 3.8) is 0 Å². The Kier molecular flexibility index (Phi) is 6.81. The van der Waals surface area contributed by atoms with Gasteiger partial charge in [0.1, 0.15) is 18.1 Å². The summed E-state index contributed by atoms with van der Waals surface area (Å²) in [6.45, 7) is 8.26. The van der Waals surface area contributed by atoms with Gasteiger partial charge in [-0.25, -0.2) is 15.0 Å². The van der Waals surface area contributed by atoms with Crippen LogP contribution in [0.1, 0.15) is 66.2 Å². The Morgan fingerprint density at radius 2 is 2.00 bits per heavy atom. The number of amidine groups is 1. The summed E-state index contributed by atoms with van der Waals surface area (Å²) < 4.78 is 7.48. The molecule has 8 heteroatoms. The second kappa shape index (κ2) is 9.77. The molecule has 1 saturated heterocycles. The van der Waals surface area contributed by atoms with Crippen LogP contribution in [0.5, 0.6) is 0 Å². The molecule has 3 heterocycles. The van der Waals surface area contributed by atoms with E-state index < -0.39 is 0 Å². The number of amides is 1. The summed E-state index contributed by atoms with van der Waals surface area (Å²) >= 11 is 0. The molecule has 2 fully saturated rings. The summed E-state index contributed by atoms with van der Waals surface area (Å²) in [7, 11) is 1.85. The fraction of sp³-hybridized carbons (Fsp3) is 0.520. The number of aromatic nitrogens is 3. The van der Waals surface area contributed by atoms with Crippen LogP contribution in [0.3, 0.4) is 0 Å². The molecule has 1 saturated carbocycles. The molecule has 33 heavy (non-hydrogen) atoms. The van der Waals surface area contributed by atoms with Gasteiger partial charge in [-0.2, -0.15) is 0 Å². The Bertz CT molecular complexity index is 1070. The molecular formula is C25H34N6O2. The van der Waals surface area contributed by atoms with Crippen LogP contribution in [0.4, 0.5) is 0 Å². The van der Waals surface area contributed by atoms with Crippen molar-refractivity contribution in [2.24, 2.45) is 4.99 Å². The average molecular weight is 451 g/mol. The van der Waals surface area contributed by atoms with Crippen LogP contribution in [0.25, 0.3) is 17.5 Å². The highest BCUT2D eigenvalue weighted by atomic mass is 16.3. The third-order valence-electron chi connectivity index (χ3n) is 6.78. The third kappa shape index (κ3) is 4.14. The molecule has 1 unspecified atom stereocenters. The van der Waals surface area contributed by atoms with Gasteiger partial charge in [-0.1, -0.05) is 32.8 Å². The Morgan fingerprint density at radius 1 is 1.24 bits per heavy atom. The van der Waals surface area contributed by atoms with Crippen molar-refractivity contribution in [1.82, 2.24) is 24.3 Å². The van der Waals surface area contributed by atoms with Crippen LogP contribution in [0.15, 0.2) is 51.6 Å². The molecule has 1 aliphatic carbocycles. The van der Waals surface area contributed by atoms with Crippen LogP contribution in [0, 0.1) is 0 Å². The molecule has 8 nitrogen and oxygen atoms in total. The van der Waals surface area contributed by atoms with Crippen molar-refractivity contribution < 1.29 is 9.21 Å². The highest BCUT2D eigenvalue weighted by Gasteiger charge is 2.42. The lowest BCUT2D eigenvalue weighted by Crippen LogP contribution is -2.60. The van der Waals surface area contributed by atoms with E-state index in [2.05, 4.69) is 35.6 Å². The van der Waals surface area contributed by atoms with Gasteiger partial charge >= 0.3 is 0 Å². The average Bonchev–Trinajstić information content (AvgIpc) is 3.61. The fourth-order valence-electron chi connectivity index (χ4n) is 4.89. The number of hydrogen-bond donors (Lipinski definition) is 0. The molecule has 0 aromatic carbocycles. The minimum atomic E-state index is -0.210. The van der Waals surface area contributed by atoms with E-state index in [1.165, 1.54) is 12.8 Å². The number of rotatable bonds is 6. The van der Waals surface area contributed by atoms with Crippen LogP contribution in [-0.4, -0.2) is 55.2 Å². The standard InChI is InChI=1S/C25H34N6O2/c1-6-17(4)21(30-15-13-26-23(30)24-27-14-16-33-24)28-22-19(7-2)29(5)25(32)20(8-3)31(22)18-11-9-10-12-18/h7,13-16,18,20H,6,8-12H2,1-5H3/b19-7+,21-17-,28-22+. The first-order chi connectivity index (χ1) is 16.0. The Labute approximate surface area is 195 Å². The lowest BCUT2D eigenvalue weighted by molar-refractivity contribution is -0.134. The number of allylic oxidation sites excluding steroid dienone is 2. The van der Waals surface area contributed by atoms with Crippen LogP contribution < -0.4 is 0 Å². The van der Waals surface area contributed by atoms with E-state index in [1.54, 1.807) is 23.6 Å². The van der Waals surface area contributed by atoms with E-state index in [0.717, 1.165) is 48.6 Å². The van der Waals surface area contributed by atoms with Crippen molar-refractivity contribution in [2.45, 2.75) is 78.3 Å². The lowest BCUT2D eigenvalue weighted by Gasteiger charge is -2.45. The summed E-state index contributed by atoms with van der Waals surface area (Å²) in [4.78, 5) is 31.4. The molecule has 2 aromatic rings. The molecule has 1 atom stereocenters. The number of carbonyl (C=O) groups excluding carboxylic acids is 1. The maximum Gasteiger partial charge on any atom is 0.263 e. The van der Waals surface area contributed by atoms with Gasteiger partial charge in [0, 0.05) is 25.5 Å². The SMILES string of the molecule is C\C=C1/C(=N\C(=C(/C)CC)n2ccnc2-c2ncco2)N(C2CCCC2)C(CC)C(=O)N1C. The first-order valence-corrected chi connectivity index (χ1v) is 12.0. The number of piperazine rings is 1. The summed E-state index contributed by atoms with van der Waals surface area (Å²) in [6.07, 6.45) is 14.9. The summed E-state index contributed by atoms with van der Waals surface area (Å²) in [5.74, 6) is 2.83. The highest BCUT2D eigenvalue weighted by Crippen LogP contribution is 2.34. The van der Waals surface area contributed by atoms with Gasteiger partial charge in [0.05, 0.1) is 11.9 Å². The van der Waals surface area contributed by atoms with Gasteiger partial charge in [0.25, 0.3) is 5.89 Å². The van der Waals surface area contributed by atoms with E-state index in [4.69, 9.17) is 9.41 Å². The molecule has 0 spiro atoms. The van der Waals surface area contributed by atoms with Crippen molar-refractivity contribution in [2.75, 3.05) is 7.05 Å². The number of imidazole rings is 1. The van der Waals surface area contributed by atoms with E-state index in [-0.39, 0.29) is 11.9 Å². The third-order valence-corrected chi connectivity index (χ3v) is 6.78. The quantitative estimate of drug-likeness (QED) is 0.623. The monoisotopic (exact) mass is 450 g/mol. The first-order valence-electron chi connectivity index (χ1n) is 12.0. The molecule has 1 aliphatic heterocycles. The van der Waals surface area contributed by atoms with E-state index in [0.29, 0.717) is 17.8 Å². The largest absolute Gasteiger partial charge is 0.442 e. The zero-order valence-corrected chi connectivity index (χ0v) is 20.3. The zero-order valence-electron chi connectivity index (χ0n) is 20.3. The van der Waals surface area contributed by atoms with Gasteiger partial charge in [0.2, 0.25) is 11.7 Å². The number of oxazole rings is 1. The molecule has 0 N–H and O–H groups in total. The van der Waals surface area contributed by atoms with Gasteiger partial charge in [-0.05, 0) is 45.1 Å². The van der Waals surface area contributed by atoms with Gasteiger partial charge in [-0.3, -0.25) is 9.36 Å². The van der Waals surface area contributed by atoms with E-state index in [1.807, 2.05) is 30.8 Å². The molecule has 176 valence electrons. The molecule has 2 aliphatic rings. The van der Waals surface area contributed by atoms with Crippen molar-refractivity contribution in [3.05, 3.63) is 42.2 Å². The molecule has 4 rings (SSSR count). The zero-order chi connectivity index (χ0) is 23.5. The van der Waals surface area contributed by atoms with Gasteiger partial charge in [0.15, 0.2) is 5.84 Å². The number of hydrogen-bond acceptors (Lipinski definition) is 5. The number of carbonyl (C=O) groups is 1.